The minimum atomic E-state index is -0.510. The highest BCUT2D eigenvalue weighted by atomic mass is 32.2. The first kappa shape index (κ1) is 21.8. The quantitative estimate of drug-likeness (QED) is 0.301. The summed E-state index contributed by atoms with van der Waals surface area (Å²) in [5.41, 5.74) is 14.0. The number of nitrogens with two attached hydrogens (primary N) is 1. The molecule has 0 saturated carbocycles. The van der Waals surface area contributed by atoms with Crippen molar-refractivity contribution in [2.45, 2.75) is 31.9 Å². The molecule has 0 spiro atoms. The van der Waals surface area contributed by atoms with E-state index in [1.54, 1.807) is 11.8 Å². The summed E-state index contributed by atoms with van der Waals surface area (Å²) < 4.78 is -0.510. The summed E-state index contributed by atoms with van der Waals surface area (Å²) in [4.78, 5) is 1.02. The number of aliphatic hydroxyl groups is 1. The fourth-order valence-electron chi connectivity index (χ4n) is 2.69. The molecule has 0 heterocycles. The van der Waals surface area contributed by atoms with Crippen molar-refractivity contribution in [3.63, 3.8) is 0 Å². The lowest BCUT2D eigenvalue weighted by molar-refractivity contribution is 0.370. The summed E-state index contributed by atoms with van der Waals surface area (Å²) in [5.74, 6) is 0.143. The average Bonchev–Trinajstić information content (AvgIpc) is 2.98. The van der Waals surface area contributed by atoms with Gasteiger partial charge in [-0.2, -0.15) is 0 Å². The Morgan fingerprint density at radius 1 is 1.18 bits per heavy atom. The number of aliphatic hydroxyl groups excluding tert-OH is 1. The molecular formula is C25H29NOS. The van der Waals surface area contributed by atoms with Gasteiger partial charge >= 0.3 is 0 Å². The summed E-state index contributed by atoms with van der Waals surface area (Å²) in [6.45, 7) is 9.98. The van der Waals surface area contributed by atoms with Crippen LogP contribution >= 0.6 is 11.8 Å². The zero-order chi connectivity index (χ0) is 20.6. The largest absolute Gasteiger partial charge is 0.511 e. The van der Waals surface area contributed by atoms with Crippen molar-refractivity contribution >= 4 is 11.8 Å². The third-order valence-electron chi connectivity index (χ3n) is 4.49. The van der Waals surface area contributed by atoms with Crippen molar-refractivity contribution in [2.24, 2.45) is 5.73 Å². The lowest BCUT2D eigenvalue weighted by Crippen LogP contribution is -2.18. The second kappa shape index (κ2) is 10.2. The zero-order valence-electron chi connectivity index (χ0n) is 16.9. The minimum absolute atomic E-state index is 0.143. The fourth-order valence-corrected chi connectivity index (χ4v) is 3.79. The first-order valence-electron chi connectivity index (χ1n) is 9.38. The maximum atomic E-state index is 9.96. The van der Waals surface area contributed by atoms with Gasteiger partial charge in [-0.3, -0.25) is 0 Å². The van der Waals surface area contributed by atoms with Crippen LogP contribution in [0.3, 0.4) is 0 Å². The molecule has 2 nitrogen and oxygen atoms in total. The predicted molar refractivity (Wildman–Crippen MR) is 124 cm³/mol. The van der Waals surface area contributed by atoms with E-state index in [1.165, 1.54) is 16.7 Å². The minimum Gasteiger partial charge on any atom is -0.511 e. The molecule has 3 N–H and O–H groups in total. The number of allylic oxidation sites excluding steroid dienone is 13. The average molecular weight is 392 g/mol. The first-order valence-corrected chi connectivity index (χ1v) is 10.2. The Labute approximate surface area is 173 Å². The van der Waals surface area contributed by atoms with Crippen molar-refractivity contribution in [3.05, 3.63) is 112 Å². The van der Waals surface area contributed by atoms with E-state index in [4.69, 9.17) is 5.73 Å². The van der Waals surface area contributed by atoms with E-state index in [2.05, 4.69) is 54.8 Å². The van der Waals surface area contributed by atoms with Crippen LogP contribution in [0.5, 0.6) is 0 Å². The van der Waals surface area contributed by atoms with Crippen LogP contribution in [0.25, 0.3) is 0 Å². The van der Waals surface area contributed by atoms with Gasteiger partial charge in [0.1, 0.15) is 5.76 Å². The Morgan fingerprint density at radius 2 is 1.93 bits per heavy atom. The molecule has 2 aliphatic rings. The molecule has 2 aliphatic carbocycles. The van der Waals surface area contributed by atoms with Crippen LogP contribution in [0.4, 0.5) is 0 Å². The van der Waals surface area contributed by atoms with Gasteiger partial charge in [-0.1, -0.05) is 61.3 Å². The second-order valence-electron chi connectivity index (χ2n) is 7.07. The molecule has 146 valence electrons. The fraction of sp³-hybridized carbons (Fsp3) is 0.240. The Bertz CT molecular complexity index is 895. The highest BCUT2D eigenvalue weighted by Crippen LogP contribution is 2.39. The summed E-state index contributed by atoms with van der Waals surface area (Å²) in [6, 6.07) is 0. The summed E-state index contributed by atoms with van der Waals surface area (Å²) in [6.07, 6.45) is 23.5. The maximum absolute atomic E-state index is 9.96. The van der Waals surface area contributed by atoms with Crippen LogP contribution in [0.1, 0.15) is 27.2 Å². The van der Waals surface area contributed by atoms with E-state index in [1.807, 2.05) is 45.1 Å². The SMILES string of the molecule is C=C(O)C(C)(C)S/C(C=C=CC)=C(/CN)CC1=CC=CC2=CC=CC=CC2=C1. The van der Waals surface area contributed by atoms with Gasteiger partial charge in [0.05, 0.1) is 4.75 Å². The molecule has 0 aromatic heterocycles. The number of hydrogen-bond donors (Lipinski definition) is 2. The van der Waals surface area contributed by atoms with Crippen LogP contribution in [0.2, 0.25) is 0 Å². The van der Waals surface area contributed by atoms with Gasteiger partial charge in [-0.15, -0.1) is 17.5 Å². The third-order valence-corrected chi connectivity index (χ3v) is 5.86. The van der Waals surface area contributed by atoms with Crippen LogP contribution in [-0.4, -0.2) is 16.4 Å². The molecule has 0 fully saturated rings. The second-order valence-corrected chi connectivity index (χ2v) is 8.74. The summed E-state index contributed by atoms with van der Waals surface area (Å²) in [7, 11) is 0. The van der Waals surface area contributed by atoms with Crippen molar-refractivity contribution in [3.8, 4) is 0 Å². The van der Waals surface area contributed by atoms with E-state index in [0.717, 1.165) is 16.9 Å². The third kappa shape index (κ3) is 6.03. The molecule has 0 radical (unpaired) electrons. The molecule has 0 unspecified atom stereocenters. The van der Waals surface area contributed by atoms with Crippen molar-refractivity contribution in [1.82, 2.24) is 0 Å². The first-order chi connectivity index (χ1) is 13.4. The number of rotatable bonds is 7. The van der Waals surface area contributed by atoms with Crippen molar-refractivity contribution in [1.29, 1.82) is 0 Å². The van der Waals surface area contributed by atoms with Gasteiger partial charge in [0.2, 0.25) is 0 Å². The number of hydrogen-bond acceptors (Lipinski definition) is 3. The standard InChI is InChI=1S/C25H29NOS/c1-5-6-15-24(28-25(3,4)19(2)27)23(18-26)17-20-11-10-14-21-12-8-7-9-13-22(21)16-20/h5,7-16,27H,2,17-18,26H2,1,3-4H3/b24-23+. The number of fused-ring (bicyclic) bond motifs is 1. The van der Waals surface area contributed by atoms with Crippen molar-refractivity contribution < 1.29 is 5.11 Å². The van der Waals surface area contributed by atoms with Gasteiger partial charge in [-0.05, 0) is 61.6 Å². The predicted octanol–water partition coefficient (Wildman–Crippen LogP) is 6.38. The molecule has 0 aromatic carbocycles. The molecule has 3 heteroatoms. The molecular weight excluding hydrogens is 362 g/mol. The van der Waals surface area contributed by atoms with Gasteiger partial charge in [0, 0.05) is 11.4 Å². The zero-order valence-corrected chi connectivity index (χ0v) is 17.7. The topological polar surface area (TPSA) is 46.2 Å². The van der Waals surface area contributed by atoms with Crippen LogP contribution < -0.4 is 5.73 Å². The monoisotopic (exact) mass is 391 g/mol. The van der Waals surface area contributed by atoms with Crippen LogP contribution in [0.15, 0.2) is 112 Å². The Kier molecular flexibility index (Phi) is 7.95. The Hall–Kier alpha value is -2.45. The van der Waals surface area contributed by atoms with Gasteiger partial charge in [0.15, 0.2) is 0 Å². The van der Waals surface area contributed by atoms with Gasteiger partial charge < -0.3 is 10.8 Å². The van der Waals surface area contributed by atoms with Gasteiger partial charge in [-0.25, -0.2) is 0 Å². The molecule has 0 aromatic rings. The van der Waals surface area contributed by atoms with E-state index in [9.17, 15) is 5.11 Å². The van der Waals surface area contributed by atoms with Gasteiger partial charge in [0.25, 0.3) is 0 Å². The summed E-state index contributed by atoms with van der Waals surface area (Å²) >= 11 is 1.56. The van der Waals surface area contributed by atoms with Crippen LogP contribution in [0, 0.1) is 0 Å². The molecule has 0 amide bonds. The Morgan fingerprint density at radius 3 is 2.61 bits per heavy atom. The molecule has 0 saturated heterocycles. The molecule has 0 bridgehead atoms. The Balaban J connectivity index is 2.41. The van der Waals surface area contributed by atoms with E-state index in [-0.39, 0.29) is 5.76 Å². The van der Waals surface area contributed by atoms with Crippen LogP contribution in [-0.2, 0) is 0 Å². The maximum Gasteiger partial charge on any atom is 0.101 e. The lowest BCUT2D eigenvalue weighted by atomic mass is 10.00. The highest BCUT2D eigenvalue weighted by Gasteiger charge is 2.25. The molecule has 28 heavy (non-hydrogen) atoms. The molecule has 0 atom stereocenters. The van der Waals surface area contributed by atoms with E-state index < -0.39 is 4.75 Å². The highest BCUT2D eigenvalue weighted by molar-refractivity contribution is 8.04. The lowest BCUT2D eigenvalue weighted by Gasteiger charge is -2.24. The molecule has 2 rings (SSSR count). The van der Waals surface area contributed by atoms with Crippen molar-refractivity contribution in [2.75, 3.05) is 6.54 Å². The smallest absolute Gasteiger partial charge is 0.101 e. The van der Waals surface area contributed by atoms with E-state index >= 15 is 0 Å². The normalized spacial score (nSPS) is 16.5. The summed E-state index contributed by atoms with van der Waals surface area (Å²) in [5, 5.41) is 9.96. The number of thioether (sulfide) groups is 1. The van der Waals surface area contributed by atoms with E-state index in [0.29, 0.717) is 6.54 Å². The molecule has 0 aliphatic heterocycles.